The highest BCUT2D eigenvalue weighted by atomic mass is 16.3. The molecule has 3 rings (SSSR count). The van der Waals surface area contributed by atoms with Crippen LogP contribution in [0.2, 0.25) is 0 Å². The van der Waals surface area contributed by atoms with Crippen LogP contribution in [0.15, 0.2) is 41.1 Å². The fourth-order valence-corrected chi connectivity index (χ4v) is 1.59. The largest absolute Gasteiger partial charge is 0.464 e. The molecule has 0 saturated heterocycles. The van der Waals surface area contributed by atoms with E-state index in [1.165, 1.54) is 10.8 Å². The summed E-state index contributed by atoms with van der Waals surface area (Å²) in [4.78, 5) is 3.16. The normalized spacial score (nSPS) is 11.3. The molecule has 0 spiro atoms. The third-order valence-corrected chi connectivity index (χ3v) is 2.17. The standard InChI is InChI=1S/C10H7NO/c1-2-10-8(4-6-12-10)7-3-5-11-9(1)7/h1-6,11H. The molecule has 2 nitrogen and oxygen atoms in total. The molecule has 1 N–H and O–H groups in total. The summed E-state index contributed by atoms with van der Waals surface area (Å²) in [6.07, 6.45) is 3.66. The summed E-state index contributed by atoms with van der Waals surface area (Å²) >= 11 is 0. The molecule has 2 heterocycles. The van der Waals surface area contributed by atoms with E-state index in [-0.39, 0.29) is 0 Å². The van der Waals surface area contributed by atoms with Gasteiger partial charge in [0.05, 0.1) is 6.26 Å². The second-order valence-electron chi connectivity index (χ2n) is 2.84. The van der Waals surface area contributed by atoms with Gasteiger partial charge >= 0.3 is 0 Å². The highest BCUT2D eigenvalue weighted by Crippen LogP contribution is 2.24. The molecule has 0 bridgehead atoms. The van der Waals surface area contributed by atoms with Crippen LogP contribution in [0.3, 0.4) is 0 Å². The number of H-pyrrole nitrogens is 1. The van der Waals surface area contributed by atoms with Crippen molar-refractivity contribution in [2.24, 2.45) is 0 Å². The third-order valence-electron chi connectivity index (χ3n) is 2.17. The van der Waals surface area contributed by atoms with Crippen molar-refractivity contribution in [3.8, 4) is 0 Å². The van der Waals surface area contributed by atoms with Gasteiger partial charge in [-0.1, -0.05) is 0 Å². The summed E-state index contributed by atoms with van der Waals surface area (Å²) in [7, 11) is 0. The number of aromatic amines is 1. The monoisotopic (exact) mass is 157 g/mol. The lowest BCUT2D eigenvalue weighted by Crippen LogP contribution is -1.67. The molecule has 0 aliphatic heterocycles. The Morgan fingerprint density at radius 1 is 1.00 bits per heavy atom. The number of hydrogen-bond donors (Lipinski definition) is 1. The van der Waals surface area contributed by atoms with Gasteiger partial charge in [0, 0.05) is 22.5 Å². The molecule has 12 heavy (non-hydrogen) atoms. The number of hydrogen-bond acceptors (Lipinski definition) is 1. The second-order valence-corrected chi connectivity index (χ2v) is 2.84. The van der Waals surface area contributed by atoms with Crippen molar-refractivity contribution in [3.05, 3.63) is 36.7 Å². The molecular formula is C10H7NO. The van der Waals surface area contributed by atoms with Gasteiger partial charge in [-0.2, -0.15) is 0 Å². The zero-order chi connectivity index (χ0) is 7.97. The molecule has 0 aliphatic carbocycles. The van der Waals surface area contributed by atoms with Gasteiger partial charge in [0.15, 0.2) is 0 Å². The number of benzene rings is 1. The van der Waals surface area contributed by atoms with Crippen molar-refractivity contribution < 1.29 is 4.42 Å². The summed E-state index contributed by atoms with van der Waals surface area (Å²) in [5, 5.41) is 2.40. The quantitative estimate of drug-likeness (QED) is 0.534. The molecule has 58 valence electrons. The minimum Gasteiger partial charge on any atom is -0.464 e. The Morgan fingerprint density at radius 3 is 3.00 bits per heavy atom. The Labute approximate surface area is 68.8 Å². The molecule has 0 atom stereocenters. The Hall–Kier alpha value is -1.70. The molecule has 0 fully saturated rings. The van der Waals surface area contributed by atoms with E-state index in [1.807, 2.05) is 24.4 Å². The number of fused-ring (bicyclic) bond motifs is 3. The van der Waals surface area contributed by atoms with Gasteiger partial charge in [-0.25, -0.2) is 0 Å². The maximum atomic E-state index is 5.28. The number of rotatable bonds is 0. The third kappa shape index (κ3) is 0.593. The molecule has 0 saturated carbocycles. The smallest absolute Gasteiger partial charge is 0.134 e. The van der Waals surface area contributed by atoms with Gasteiger partial charge in [0.1, 0.15) is 5.58 Å². The summed E-state index contributed by atoms with van der Waals surface area (Å²) < 4.78 is 5.28. The zero-order valence-corrected chi connectivity index (χ0v) is 6.37. The average Bonchev–Trinajstić information content (AvgIpc) is 2.71. The minimum absolute atomic E-state index is 0.946. The van der Waals surface area contributed by atoms with Crippen molar-refractivity contribution in [1.29, 1.82) is 0 Å². The maximum absolute atomic E-state index is 5.28. The molecule has 2 aromatic heterocycles. The van der Waals surface area contributed by atoms with Crippen molar-refractivity contribution >= 4 is 21.9 Å². The number of aromatic nitrogens is 1. The first kappa shape index (κ1) is 5.89. The van der Waals surface area contributed by atoms with Crippen LogP contribution in [-0.2, 0) is 0 Å². The van der Waals surface area contributed by atoms with Crippen LogP contribution < -0.4 is 0 Å². The van der Waals surface area contributed by atoms with Crippen molar-refractivity contribution in [3.63, 3.8) is 0 Å². The number of nitrogens with one attached hydrogen (secondary N) is 1. The van der Waals surface area contributed by atoms with Gasteiger partial charge in [-0.15, -0.1) is 0 Å². The van der Waals surface area contributed by atoms with E-state index in [9.17, 15) is 0 Å². The summed E-state index contributed by atoms with van der Waals surface area (Å²) in [6.45, 7) is 0. The first-order valence-electron chi connectivity index (χ1n) is 3.88. The lowest BCUT2D eigenvalue weighted by Gasteiger charge is -1.89. The van der Waals surface area contributed by atoms with Crippen LogP contribution in [0, 0.1) is 0 Å². The Morgan fingerprint density at radius 2 is 2.00 bits per heavy atom. The van der Waals surface area contributed by atoms with Gasteiger partial charge in [0.25, 0.3) is 0 Å². The topological polar surface area (TPSA) is 28.9 Å². The molecule has 0 aliphatic rings. The molecule has 2 heteroatoms. The van der Waals surface area contributed by atoms with Gasteiger partial charge in [-0.05, 0) is 24.3 Å². The molecule has 0 radical (unpaired) electrons. The van der Waals surface area contributed by atoms with Crippen LogP contribution >= 0.6 is 0 Å². The van der Waals surface area contributed by atoms with E-state index < -0.39 is 0 Å². The van der Waals surface area contributed by atoms with E-state index in [0.29, 0.717) is 0 Å². The van der Waals surface area contributed by atoms with Gasteiger partial charge in [-0.3, -0.25) is 0 Å². The van der Waals surface area contributed by atoms with E-state index in [2.05, 4.69) is 11.1 Å². The van der Waals surface area contributed by atoms with Gasteiger partial charge < -0.3 is 9.40 Å². The van der Waals surface area contributed by atoms with Crippen molar-refractivity contribution in [2.75, 3.05) is 0 Å². The first-order valence-corrected chi connectivity index (χ1v) is 3.88. The fourth-order valence-electron chi connectivity index (χ4n) is 1.59. The minimum atomic E-state index is 0.946. The summed E-state index contributed by atoms with van der Waals surface area (Å²) in [5.74, 6) is 0. The first-order chi connectivity index (χ1) is 5.95. The number of furan rings is 1. The van der Waals surface area contributed by atoms with Crippen LogP contribution in [-0.4, -0.2) is 4.98 Å². The predicted molar refractivity (Wildman–Crippen MR) is 48.1 cm³/mol. The molecule has 0 unspecified atom stereocenters. The lowest BCUT2D eigenvalue weighted by atomic mass is 10.2. The average molecular weight is 157 g/mol. The molecule has 1 aromatic carbocycles. The Balaban J connectivity index is 2.71. The van der Waals surface area contributed by atoms with Gasteiger partial charge in [0.2, 0.25) is 0 Å². The Kier molecular flexibility index (Phi) is 0.939. The highest BCUT2D eigenvalue weighted by Gasteiger charge is 2.01. The maximum Gasteiger partial charge on any atom is 0.134 e. The Bertz CT molecular complexity index is 483. The van der Waals surface area contributed by atoms with Crippen LogP contribution in [0.4, 0.5) is 0 Å². The molecular weight excluding hydrogens is 150 g/mol. The SMILES string of the molecule is c1cc2c(ccc3occc32)[nH]1. The van der Waals surface area contributed by atoms with Crippen LogP contribution in [0.1, 0.15) is 0 Å². The van der Waals surface area contributed by atoms with Crippen molar-refractivity contribution in [2.45, 2.75) is 0 Å². The van der Waals surface area contributed by atoms with Crippen LogP contribution in [0.5, 0.6) is 0 Å². The van der Waals surface area contributed by atoms with E-state index in [0.717, 1.165) is 11.1 Å². The van der Waals surface area contributed by atoms with E-state index >= 15 is 0 Å². The summed E-state index contributed by atoms with van der Waals surface area (Å²) in [5.41, 5.74) is 2.10. The lowest BCUT2D eigenvalue weighted by molar-refractivity contribution is 0.616. The molecule has 3 aromatic rings. The van der Waals surface area contributed by atoms with E-state index in [4.69, 9.17) is 4.42 Å². The van der Waals surface area contributed by atoms with Crippen LogP contribution in [0.25, 0.3) is 21.9 Å². The second kappa shape index (κ2) is 1.91. The summed E-state index contributed by atoms with van der Waals surface area (Å²) in [6, 6.07) is 8.06. The highest BCUT2D eigenvalue weighted by molar-refractivity contribution is 6.04. The zero-order valence-electron chi connectivity index (χ0n) is 6.37. The molecule has 0 amide bonds. The fraction of sp³-hybridized carbons (Fsp3) is 0. The van der Waals surface area contributed by atoms with E-state index in [1.54, 1.807) is 6.26 Å². The predicted octanol–water partition coefficient (Wildman–Crippen LogP) is 2.91. The van der Waals surface area contributed by atoms with Crippen molar-refractivity contribution in [1.82, 2.24) is 4.98 Å².